The topological polar surface area (TPSA) is 79.2 Å². The molecule has 0 aliphatic carbocycles. The van der Waals surface area contributed by atoms with Crippen molar-refractivity contribution in [1.82, 2.24) is 9.88 Å². The molecule has 2 heterocycles. The van der Waals surface area contributed by atoms with E-state index in [4.69, 9.17) is 28.9 Å². The van der Waals surface area contributed by atoms with Crippen LogP contribution in [0.4, 0.5) is 0 Å². The van der Waals surface area contributed by atoms with E-state index in [2.05, 4.69) is 4.98 Å². The lowest BCUT2D eigenvalue weighted by atomic mass is 9.93. The number of nitrogens with one attached hydrogen (secondary N) is 1. The molecule has 1 aliphatic heterocycles. The van der Waals surface area contributed by atoms with E-state index >= 15 is 0 Å². The normalized spacial score (nSPS) is 15.5. The molecule has 1 atom stereocenters. The molecule has 2 amide bonds. The van der Waals surface area contributed by atoms with Gasteiger partial charge in [-0.1, -0.05) is 59.6 Å². The van der Waals surface area contributed by atoms with Crippen molar-refractivity contribution in [1.29, 1.82) is 0 Å². The number of halogens is 2. The zero-order valence-corrected chi connectivity index (χ0v) is 17.7. The van der Waals surface area contributed by atoms with Crippen LogP contribution >= 0.6 is 23.2 Å². The van der Waals surface area contributed by atoms with Gasteiger partial charge in [0.1, 0.15) is 6.54 Å². The molecule has 1 aliphatic rings. The summed E-state index contributed by atoms with van der Waals surface area (Å²) in [7, 11) is 0. The van der Waals surface area contributed by atoms with Crippen molar-refractivity contribution in [3.05, 3.63) is 93.5 Å². The fourth-order valence-electron chi connectivity index (χ4n) is 4.36. The predicted molar refractivity (Wildman–Crippen MR) is 122 cm³/mol. The van der Waals surface area contributed by atoms with Crippen molar-refractivity contribution in [2.75, 3.05) is 6.54 Å². The number of H-pyrrole nitrogens is 1. The molecular weight excluding hydrogens is 433 g/mol. The fraction of sp³-hybridized carbons (Fsp3) is 0.0833. The summed E-state index contributed by atoms with van der Waals surface area (Å²) in [6.45, 7) is -0.189. The molecule has 3 aromatic carbocycles. The Labute approximate surface area is 188 Å². The van der Waals surface area contributed by atoms with E-state index in [1.807, 2.05) is 48.5 Å². The van der Waals surface area contributed by atoms with Crippen molar-refractivity contribution in [3.63, 3.8) is 0 Å². The minimum Gasteiger partial charge on any atom is -0.368 e. The second-order valence-electron chi connectivity index (χ2n) is 7.47. The molecule has 31 heavy (non-hydrogen) atoms. The van der Waals surface area contributed by atoms with Crippen LogP contribution in [0.25, 0.3) is 22.2 Å². The van der Waals surface area contributed by atoms with Gasteiger partial charge in [-0.2, -0.15) is 0 Å². The lowest BCUT2D eigenvalue weighted by Crippen LogP contribution is -2.37. The molecule has 0 fully saturated rings. The molecule has 3 N–H and O–H groups in total. The molecule has 4 aromatic rings. The molecule has 0 unspecified atom stereocenters. The van der Waals surface area contributed by atoms with Crippen LogP contribution in [-0.2, 0) is 4.79 Å². The second-order valence-corrected chi connectivity index (χ2v) is 8.32. The molecule has 5 rings (SSSR count). The van der Waals surface area contributed by atoms with Crippen LogP contribution in [0.2, 0.25) is 10.0 Å². The van der Waals surface area contributed by atoms with Crippen LogP contribution in [0, 0.1) is 0 Å². The number of benzene rings is 3. The number of rotatable bonds is 4. The van der Waals surface area contributed by atoms with Gasteiger partial charge in [-0.15, -0.1) is 0 Å². The molecule has 0 saturated carbocycles. The molecule has 0 saturated heterocycles. The quantitative estimate of drug-likeness (QED) is 0.450. The average Bonchev–Trinajstić information content (AvgIpc) is 3.23. The van der Waals surface area contributed by atoms with Gasteiger partial charge in [-0.05, 0) is 35.9 Å². The third kappa shape index (κ3) is 3.17. The highest BCUT2D eigenvalue weighted by Gasteiger charge is 2.40. The third-order valence-electron chi connectivity index (χ3n) is 5.60. The third-order valence-corrected chi connectivity index (χ3v) is 6.15. The lowest BCUT2D eigenvalue weighted by molar-refractivity contribution is -0.118. The van der Waals surface area contributed by atoms with Gasteiger partial charge < -0.3 is 15.6 Å². The molecule has 5 nitrogen and oxygen atoms in total. The van der Waals surface area contributed by atoms with Gasteiger partial charge in [0.15, 0.2) is 0 Å². The molecular formula is C24H17Cl2N3O2. The first kappa shape index (κ1) is 19.7. The maximum Gasteiger partial charge on any atom is 0.255 e. The van der Waals surface area contributed by atoms with Gasteiger partial charge in [0.2, 0.25) is 5.91 Å². The molecule has 0 bridgehead atoms. The number of aromatic amines is 1. The summed E-state index contributed by atoms with van der Waals surface area (Å²) in [6.07, 6.45) is 0. The summed E-state index contributed by atoms with van der Waals surface area (Å²) >= 11 is 12.7. The van der Waals surface area contributed by atoms with Crippen LogP contribution in [0.3, 0.4) is 0 Å². The van der Waals surface area contributed by atoms with Gasteiger partial charge >= 0.3 is 0 Å². The number of nitrogens with zero attached hydrogens (tertiary/aromatic N) is 1. The van der Waals surface area contributed by atoms with Crippen LogP contribution in [0.5, 0.6) is 0 Å². The molecule has 154 valence electrons. The Morgan fingerprint density at radius 3 is 2.52 bits per heavy atom. The standard InChI is InChI=1S/C24H17Cl2N3O2/c25-13-9-10-16(18(26)11-13)22-21(17-7-3-4-8-19(17)28-22)23-14-5-1-2-6-15(14)24(31)29(23)12-20(27)30/h1-11,23,28H,12H2,(H2,27,30)/t23-/m0/s1. The van der Waals surface area contributed by atoms with Crippen LogP contribution in [0.15, 0.2) is 66.7 Å². The molecule has 1 aromatic heterocycles. The Hall–Kier alpha value is -3.28. The highest BCUT2D eigenvalue weighted by molar-refractivity contribution is 6.36. The van der Waals surface area contributed by atoms with Gasteiger partial charge in [0.25, 0.3) is 5.91 Å². The van der Waals surface area contributed by atoms with E-state index in [-0.39, 0.29) is 12.5 Å². The zero-order valence-electron chi connectivity index (χ0n) is 16.2. The Morgan fingerprint density at radius 2 is 1.74 bits per heavy atom. The molecule has 7 heteroatoms. The first-order valence-electron chi connectivity index (χ1n) is 9.70. The Balaban J connectivity index is 1.83. The van der Waals surface area contributed by atoms with E-state index < -0.39 is 11.9 Å². The summed E-state index contributed by atoms with van der Waals surface area (Å²) in [4.78, 5) is 30.0. The summed E-state index contributed by atoms with van der Waals surface area (Å²) in [5.41, 5.74) is 10.2. The number of hydrogen-bond acceptors (Lipinski definition) is 2. The van der Waals surface area contributed by atoms with Gasteiger partial charge in [-0.3, -0.25) is 9.59 Å². The number of hydrogen-bond donors (Lipinski definition) is 2. The maximum absolute atomic E-state index is 13.2. The average molecular weight is 450 g/mol. The van der Waals surface area contributed by atoms with Crippen molar-refractivity contribution in [2.45, 2.75) is 6.04 Å². The number of carbonyl (C=O) groups is 2. The number of para-hydroxylation sites is 1. The lowest BCUT2D eigenvalue weighted by Gasteiger charge is -2.25. The Morgan fingerprint density at radius 1 is 1.00 bits per heavy atom. The second kappa shape index (κ2) is 7.45. The van der Waals surface area contributed by atoms with Crippen LogP contribution < -0.4 is 5.73 Å². The van der Waals surface area contributed by atoms with E-state index in [1.165, 1.54) is 4.90 Å². The van der Waals surface area contributed by atoms with Gasteiger partial charge in [0.05, 0.1) is 16.8 Å². The highest BCUT2D eigenvalue weighted by Crippen LogP contribution is 2.46. The number of fused-ring (bicyclic) bond motifs is 2. The van der Waals surface area contributed by atoms with Crippen molar-refractivity contribution >= 4 is 45.9 Å². The number of primary amides is 1. The monoisotopic (exact) mass is 449 g/mol. The number of aromatic nitrogens is 1. The highest BCUT2D eigenvalue weighted by atomic mass is 35.5. The predicted octanol–water partition coefficient (Wildman–Crippen LogP) is 5.17. The number of carbonyl (C=O) groups excluding carboxylic acids is 2. The van der Waals surface area contributed by atoms with Gasteiger partial charge in [-0.25, -0.2) is 0 Å². The minimum atomic E-state index is -0.572. The van der Waals surface area contributed by atoms with Crippen molar-refractivity contribution in [2.24, 2.45) is 5.73 Å². The minimum absolute atomic E-state index is 0.189. The van der Waals surface area contributed by atoms with Crippen LogP contribution in [0.1, 0.15) is 27.5 Å². The van der Waals surface area contributed by atoms with E-state index in [9.17, 15) is 9.59 Å². The summed E-state index contributed by atoms with van der Waals surface area (Å²) in [5, 5.41) is 1.95. The maximum atomic E-state index is 13.2. The van der Waals surface area contributed by atoms with Crippen molar-refractivity contribution < 1.29 is 9.59 Å². The summed E-state index contributed by atoms with van der Waals surface area (Å²) < 4.78 is 0. The Bertz CT molecular complexity index is 1360. The van der Waals surface area contributed by atoms with Gasteiger partial charge in [0, 0.05) is 32.6 Å². The Kier molecular flexibility index (Phi) is 4.73. The smallest absolute Gasteiger partial charge is 0.255 e. The SMILES string of the molecule is NC(=O)CN1C(=O)c2ccccc2[C@H]1c1c(-c2ccc(Cl)cc2Cl)[nH]c2ccccc12. The zero-order chi connectivity index (χ0) is 21.7. The first-order valence-corrected chi connectivity index (χ1v) is 10.5. The van der Waals surface area contributed by atoms with E-state index in [0.29, 0.717) is 15.6 Å². The molecule has 0 radical (unpaired) electrons. The number of amides is 2. The first-order chi connectivity index (χ1) is 15.0. The summed E-state index contributed by atoms with van der Waals surface area (Å²) in [5.74, 6) is -0.796. The van der Waals surface area contributed by atoms with Crippen molar-refractivity contribution in [3.8, 4) is 11.3 Å². The molecule has 0 spiro atoms. The fourth-order valence-corrected chi connectivity index (χ4v) is 4.87. The van der Waals surface area contributed by atoms with Crippen LogP contribution in [-0.4, -0.2) is 28.2 Å². The largest absolute Gasteiger partial charge is 0.368 e. The number of nitrogens with two attached hydrogens (primary N) is 1. The van der Waals surface area contributed by atoms with E-state index in [1.54, 1.807) is 18.2 Å². The summed E-state index contributed by atoms with van der Waals surface area (Å²) in [6, 6.07) is 20.0. The van der Waals surface area contributed by atoms with E-state index in [0.717, 1.165) is 33.3 Å².